The zero-order valence-electron chi connectivity index (χ0n) is 30.6. The largest absolute Gasteiger partial charge is 0.463 e. The van der Waals surface area contributed by atoms with Crippen molar-refractivity contribution in [3.63, 3.8) is 0 Å². The van der Waals surface area contributed by atoms with Crippen molar-refractivity contribution >= 4 is 23.5 Å². The Morgan fingerprint density at radius 2 is 1.65 bits per heavy atom. The molecular weight excluding hydrogens is 672 g/mol. The highest BCUT2D eigenvalue weighted by molar-refractivity contribution is 7.99. The van der Waals surface area contributed by atoms with Gasteiger partial charge in [-0.2, -0.15) is 11.8 Å². The first-order valence-electron chi connectivity index (χ1n) is 19.4. The number of hydrogen-bond acceptors (Lipinski definition) is 11. The molecule has 3 saturated heterocycles. The molecular formula is C40H60O10S. The first-order chi connectivity index (χ1) is 25.1. The summed E-state index contributed by atoms with van der Waals surface area (Å²) < 4.78 is 46.9. The molecule has 4 aliphatic rings. The van der Waals surface area contributed by atoms with E-state index in [1.165, 1.54) is 5.56 Å². The van der Waals surface area contributed by atoms with Gasteiger partial charge in [0.25, 0.3) is 0 Å². The summed E-state index contributed by atoms with van der Waals surface area (Å²) in [5.41, 5.74) is 2.29. The Morgan fingerprint density at radius 3 is 2.37 bits per heavy atom. The van der Waals surface area contributed by atoms with E-state index >= 15 is 0 Å². The fourth-order valence-corrected chi connectivity index (χ4v) is 8.25. The van der Waals surface area contributed by atoms with Crippen molar-refractivity contribution in [2.45, 2.75) is 128 Å². The third-order valence-electron chi connectivity index (χ3n) is 9.96. The Kier molecular flexibility index (Phi) is 18.3. The van der Waals surface area contributed by atoms with Crippen LogP contribution in [0.1, 0.15) is 94.6 Å². The highest BCUT2D eigenvalue weighted by Gasteiger charge is 2.42. The van der Waals surface area contributed by atoms with Crippen LogP contribution in [0.25, 0.3) is 0 Å². The lowest BCUT2D eigenvalue weighted by molar-refractivity contribution is -0.192. The van der Waals surface area contributed by atoms with Crippen LogP contribution in [0.3, 0.4) is 0 Å². The van der Waals surface area contributed by atoms with E-state index in [1.54, 1.807) is 18.9 Å². The highest BCUT2D eigenvalue weighted by Crippen LogP contribution is 2.37. The number of ether oxygens (including phenoxy) is 8. The van der Waals surface area contributed by atoms with Gasteiger partial charge in [0, 0.05) is 58.0 Å². The summed E-state index contributed by atoms with van der Waals surface area (Å²) in [7, 11) is 1.71. The van der Waals surface area contributed by atoms with Gasteiger partial charge >= 0.3 is 5.97 Å². The summed E-state index contributed by atoms with van der Waals surface area (Å²) in [4.78, 5) is 25.7. The standard InChI is InChI=1S/C40H60O10S/c1-43-29-31-11-8-10-30(26-31)27-32(49-39-14-3-6-20-46-39)16-17-34-33(35(41)28-36(34)50-40-15-4-7-21-47-40)18-25-51-24-9-12-37(42)44-22-23-48-38-13-2-5-19-45-38/h8,10-11,16-17,26,32-34,36,38-40H,2-7,9,12-15,18-25,27-29H2,1H3/b17-16+/t32-,33-,34-,36+,38?,39?,40?/m1/s1. The molecule has 0 amide bonds. The van der Waals surface area contributed by atoms with Gasteiger partial charge in [-0.15, -0.1) is 0 Å². The lowest BCUT2D eigenvalue weighted by atomic mass is 9.90. The minimum Gasteiger partial charge on any atom is -0.463 e. The second-order valence-electron chi connectivity index (χ2n) is 14.0. The van der Waals surface area contributed by atoms with Crippen LogP contribution in [0.4, 0.5) is 0 Å². The molecule has 0 radical (unpaired) electrons. The summed E-state index contributed by atoms with van der Waals surface area (Å²) in [5, 5.41) is 0. The van der Waals surface area contributed by atoms with E-state index in [9.17, 15) is 9.59 Å². The second kappa shape index (κ2) is 23.1. The molecule has 0 spiro atoms. The van der Waals surface area contributed by atoms with Crippen LogP contribution in [0, 0.1) is 11.8 Å². The molecule has 3 aliphatic heterocycles. The molecule has 1 saturated carbocycles. The molecule has 0 N–H and O–H groups in total. The molecule has 4 fully saturated rings. The molecule has 10 nitrogen and oxygen atoms in total. The number of methoxy groups -OCH3 is 1. The summed E-state index contributed by atoms with van der Waals surface area (Å²) >= 11 is 1.78. The Labute approximate surface area is 308 Å². The Bertz CT molecular complexity index is 1180. The zero-order chi connectivity index (χ0) is 35.5. The van der Waals surface area contributed by atoms with Crippen molar-refractivity contribution in [1.29, 1.82) is 0 Å². The maximum atomic E-state index is 13.5. The number of ketones is 1. The van der Waals surface area contributed by atoms with E-state index in [2.05, 4.69) is 36.4 Å². The quantitative estimate of drug-likeness (QED) is 0.0745. The van der Waals surface area contributed by atoms with Crippen molar-refractivity contribution in [2.24, 2.45) is 11.8 Å². The number of hydrogen-bond donors (Lipinski definition) is 0. The molecule has 1 aromatic rings. The van der Waals surface area contributed by atoms with Gasteiger partial charge in [0.1, 0.15) is 12.4 Å². The minimum atomic E-state index is -0.265. The van der Waals surface area contributed by atoms with Gasteiger partial charge in [0.2, 0.25) is 0 Å². The van der Waals surface area contributed by atoms with Crippen LogP contribution in [0.2, 0.25) is 0 Å². The average Bonchev–Trinajstić information content (AvgIpc) is 3.44. The van der Waals surface area contributed by atoms with Crippen LogP contribution >= 0.6 is 11.8 Å². The van der Waals surface area contributed by atoms with Gasteiger partial charge in [-0.05, 0) is 93.3 Å². The first-order valence-corrected chi connectivity index (χ1v) is 20.5. The predicted molar refractivity (Wildman–Crippen MR) is 195 cm³/mol. The molecule has 5 rings (SSSR count). The van der Waals surface area contributed by atoms with Gasteiger partial charge in [0.05, 0.1) is 25.4 Å². The Morgan fingerprint density at radius 1 is 0.922 bits per heavy atom. The smallest absolute Gasteiger partial charge is 0.305 e. The number of carbonyl (C=O) groups excluding carboxylic acids is 2. The molecule has 0 bridgehead atoms. The SMILES string of the molecule is COCc1cccc(C[C@@H](/C=C/[C@H]2[C@@H](OC3CCCCO3)CC(=O)[C@@H]2CCSCCCC(=O)OCCOC2CCCCO2)OC2CCCCO2)c1. The van der Waals surface area contributed by atoms with Crippen LogP contribution in [-0.4, -0.2) is 94.5 Å². The molecule has 3 unspecified atom stereocenters. The fourth-order valence-electron chi connectivity index (χ4n) is 7.28. The van der Waals surface area contributed by atoms with E-state index < -0.39 is 0 Å². The first kappa shape index (κ1) is 40.4. The Hall–Kier alpha value is -1.83. The molecule has 51 heavy (non-hydrogen) atoms. The summed E-state index contributed by atoms with van der Waals surface area (Å²) in [5.74, 6) is 1.49. The lowest BCUT2D eigenvalue weighted by Crippen LogP contribution is -2.31. The molecule has 286 valence electrons. The van der Waals surface area contributed by atoms with E-state index in [4.69, 9.17) is 37.9 Å². The van der Waals surface area contributed by atoms with E-state index in [1.807, 2.05) is 0 Å². The minimum absolute atomic E-state index is 0.0713. The van der Waals surface area contributed by atoms with Gasteiger partial charge in [0.15, 0.2) is 18.9 Å². The van der Waals surface area contributed by atoms with Gasteiger partial charge in [-0.1, -0.05) is 36.4 Å². The van der Waals surface area contributed by atoms with E-state index in [0.29, 0.717) is 45.7 Å². The van der Waals surface area contributed by atoms with E-state index in [0.717, 1.165) is 94.3 Å². The number of benzene rings is 1. The third kappa shape index (κ3) is 14.5. The van der Waals surface area contributed by atoms with Crippen molar-refractivity contribution in [2.75, 3.05) is 51.6 Å². The van der Waals surface area contributed by atoms with Crippen LogP contribution in [0.5, 0.6) is 0 Å². The summed E-state index contributed by atoms with van der Waals surface area (Å²) in [6.45, 7) is 3.31. The predicted octanol–water partition coefficient (Wildman–Crippen LogP) is 6.95. The molecule has 1 aliphatic carbocycles. The van der Waals surface area contributed by atoms with Crippen molar-refractivity contribution in [1.82, 2.24) is 0 Å². The average molecular weight is 733 g/mol. The normalized spacial score (nSPS) is 27.9. The van der Waals surface area contributed by atoms with Crippen molar-refractivity contribution < 1.29 is 47.5 Å². The topological polar surface area (TPSA) is 108 Å². The Balaban J connectivity index is 1.13. The molecule has 3 heterocycles. The molecule has 7 atom stereocenters. The molecule has 1 aromatic carbocycles. The fraction of sp³-hybridized carbons (Fsp3) is 0.750. The third-order valence-corrected chi connectivity index (χ3v) is 11.1. The lowest BCUT2D eigenvalue weighted by Gasteiger charge is -2.29. The monoisotopic (exact) mass is 732 g/mol. The zero-order valence-corrected chi connectivity index (χ0v) is 31.4. The van der Waals surface area contributed by atoms with Crippen molar-refractivity contribution in [3.8, 4) is 0 Å². The van der Waals surface area contributed by atoms with Crippen LogP contribution in [0.15, 0.2) is 36.4 Å². The van der Waals surface area contributed by atoms with Gasteiger partial charge in [-0.25, -0.2) is 0 Å². The summed E-state index contributed by atoms with van der Waals surface area (Å²) in [6, 6.07) is 8.42. The van der Waals surface area contributed by atoms with Crippen LogP contribution < -0.4 is 0 Å². The van der Waals surface area contributed by atoms with E-state index in [-0.39, 0.29) is 61.3 Å². The summed E-state index contributed by atoms with van der Waals surface area (Å²) in [6.07, 6.45) is 15.2. The molecule has 0 aromatic heterocycles. The number of carbonyl (C=O) groups is 2. The van der Waals surface area contributed by atoms with Crippen LogP contribution in [-0.2, 0) is 60.5 Å². The number of esters is 1. The number of Topliss-reactive ketones (excluding diaryl/α,β-unsaturated/α-hetero) is 1. The maximum absolute atomic E-state index is 13.5. The maximum Gasteiger partial charge on any atom is 0.305 e. The second-order valence-corrected chi connectivity index (χ2v) is 15.3. The molecule has 11 heteroatoms. The number of rotatable bonds is 21. The highest BCUT2D eigenvalue weighted by atomic mass is 32.2. The number of thioether (sulfide) groups is 1. The van der Waals surface area contributed by atoms with Crippen molar-refractivity contribution in [3.05, 3.63) is 47.5 Å². The van der Waals surface area contributed by atoms with Gasteiger partial charge < -0.3 is 37.9 Å². The van der Waals surface area contributed by atoms with Gasteiger partial charge in [-0.3, -0.25) is 9.59 Å².